The Hall–Kier alpha value is -2.51. The predicted molar refractivity (Wildman–Crippen MR) is 87.8 cm³/mol. The van der Waals surface area contributed by atoms with Gasteiger partial charge in [-0.1, -0.05) is 0 Å². The van der Waals surface area contributed by atoms with E-state index in [1.165, 1.54) is 29.2 Å². The Morgan fingerprint density at radius 1 is 1.28 bits per heavy atom. The minimum Gasteiger partial charge on any atom is -0.490 e. The average Bonchev–Trinajstić information content (AvgIpc) is 2.84. The third-order valence-electron chi connectivity index (χ3n) is 3.90. The Balaban J connectivity index is 1.67. The first-order valence-corrected chi connectivity index (χ1v) is 7.94. The van der Waals surface area contributed by atoms with E-state index in [0.717, 1.165) is 0 Å². The lowest BCUT2D eigenvalue weighted by molar-refractivity contribution is -0.0621. The molecule has 0 radical (unpaired) electrons. The summed E-state index contributed by atoms with van der Waals surface area (Å²) in [6, 6.07) is 8.78. The Bertz CT molecular complexity index is 711. The standard InChI is InChI=1S/C18H19FN2O4/c19-15-1-3-16(4-2-15)25-13-18(23)11-21(9-10-24-12-18)17(22)14-5-7-20-8-6-14/h1-8,23H,9-13H2. The quantitative estimate of drug-likeness (QED) is 0.908. The number of halogens is 1. The summed E-state index contributed by atoms with van der Waals surface area (Å²) in [5.74, 6) is -0.128. The molecular weight excluding hydrogens is 327 g/mol. The Kier molecular flexibility index (Phi) is 5.25. The van der Waals surface area contributed by atoms with E-state index in [1.807, 2.05) is 0 Å². The van der Waals surface area contributed by atoms with Gasteiger partial charge in [0.25, 0.3) is 5.91 Å². The number of benzene rings is 1. The molecule has 6 nitrogen and oxygen atoms in total. The molecule has 1 atom stereocenters. The SMILES string of the molecule is O=C(c1ccncc1)N1CCOCC(O)(COc2ccc(F)cc2)C1. The monoisotopic (exact) mass is 346 g/mol. The number of amides is 1. The second-order valence-corrected chi connectivity index (χ2v) is 5.98. The second-order valence-electron chi connectivity index (χ2n) is 5.98. The molecular formula is C18H19FN2O4. The van der Waals surface area contributed by atoms with Gasteiger partial charge in [-0.3, -0.25) is 9.78 Å². The van der Waals surface area contributed by atoms with Crippen LogP contribution in [0.5, 0.6) is 5.75 Å². The topological polar surface area (TPSA) is 71.9 Å². The van der Waals surface area contributed by atoms with Crippen LogP contribution < -0.4 is 4.74 Å². The van der Waals surface area contributed by atoms with Crippen molar-refractivity contribution in [2.75, 3.05) is 32.9 Å². The normalized spacial score (nSPS) is 20.8. The van der Waals surface area contributed by atoms with Crippen molar-refractivity contribution in [2.24, 2.45) is 0 Å². The maximum atomic E-state index is 12.9. The molecule has 25 heavy (non-hydrogen) atoms. The van der Waals surface area contributed by atoms with Crippen molar-refractivity contribution in [1.29, 1.82) is 0 Å². The van der Waals surface area contributed by atoms with Crippen molar-refractivity contribution in [1.82, 2.24) is 9.88 Å². The smallest absolute Gasteiger partial charge is 0.254 e. The average molecular weight is 346 g/mol. The van der Waals surface area contributed by atoms with E-state index in [-0.39, 0.29) is 31.5 Å². The van der Waals surface area contributed by atoms with Crippen LogP contribution in [-0.4, -0.2) is 59.4 Å². The third kappa shape index (κ3) is 4.52. The van der Waals surface area contributed by atoms with E-state index < -0.39 is 5.60 Å². The number of rotatable bonds is 4. The van der Waals surface area contributed by atoms with Crippen molar-refractivity contribution in [2.45, 2.75) is 5.60 Å². The maximum Gasteiger partial charge on any atom is 0.254 e. The molecule has 7 heteroatoms. The highest BCUT2D eigenvalue weighted by molar-refractivity contribution is 5.94. The van der Waals surface area contributed by atoms with Gasteiger partial charge in [-0.2, -0.15) is 0 Å². The number of carbonyl (C=O) groups excluding carboxylic acids is 1. The van der Waals surface area contributed by atoms with Gasteiger partial charge in [-0.15, -0.1) is 0 Å². The van der Waals surface area contributed by atoms with E-state index in [0.29, 0.717) is 24.5 Å². The van der Waals surface area contributed by atoms with Gasteiger partial charge in [0.05, 0.1) is 19.8 Å². The van der Waals surface area contributed by atoms with Crippen LogP contribution in [0.25, 0.3) is 0 Å². The number of hydrogen-bond acceptors (Lipinski definition) is 5. The fourth-order valence-electron chi connectivity index (χ4n) is 2.60. The van der Waals surface area contributed by atoms with Crippen LogP contribution in [0.15, 0.2) is 48.8 Å². The summed E-state index contributed by atoms with van der Waals surface area (Å²) in [6.45, 7) is 0.762. The first-order chi connectivity index (χ1) is 12.1. The van der Waals surface area contributed by atoms with Crippen molar-refractivity contribution in [3.8, 4) is 5.75 Å². The van der Waals surface area contributed by atoms with Crippen molar-refractivity contribution in [3.63, 3.8) is 0 Å². The molecule has 1 N–H and O–H groups in total. The number of carbonyl (C=O) groups is 1. The molecule has 1 saturated heterocycles. The van der Waals surface area contributed by atoms with E-state index >= 15 is 0 Å². The molecule has 2 aromatic rings. The van der Waals surface area contributed by atoms with Crippen molar-refractivity contribution < 1.29 is 23.8 Å². The Morgan fingerprint density at radius 2 is 2.00 bits per heavy atom. The second kappa shape index (κ2) is 7.58. The Morgan fingerprint density at radius 3 is 2.72 bits per heavy atom. The first kappa shape index (κ1) is 17.3. The van der Waals surface area contributed by atoms with E-state index in [9.17, 15) is 14.3 Å². The summed E-state index contributed by atoms with van der Waals surface area (Å²) in [7, 11) is 0. The maximum absolute atomic E-state index is 12.9. The molecule has 0 aliphatic carbocycles. The molecule has 1 fully saturated rings. The number of ether oxygens (including phenoxy) is 2. The largest absolute Gasteiger partial charge is 0.490 e. The van der Waals surface area contributed by atoms with Gasteiger partial charge < -0.3 is 19.5 Å². The molecule has 0 saturated carbocycles. The fourth-order valence-corrected chi connectivity index (χ4v) is 2.60. The van der Waals surface area contributed by atoms with Crippen LogP contribution in [0.2, 0.25) is 0 Å². The summed E-state index contributed by atoms with van der Waals surface area (Å²) >= 11 is 0. The fraction of sp³-hybridized carbons (Fsp3) is 0.333. The lowest BCUT2D eigenvalue weighted by Crippen LogP contribution is -2.50. The van der Waals surface area contributed by atoms with Gasteiger partial charge in [-0.25, -0.2) is 4.39 Å². The summed E-state index contributed by atoms with van der Waals surface area (Å²) in [6.07, 6.45) is 3.09. The number of aromatic nitrogens is 1. The number of β-amino-alcohol motifs (C(OH)–C–C–N with tert-alkyl or cyclic N) is 1. The first-order valence-electron chi connectivity index (χ1n) is 7.94. The van der Waals surface area contributed by atoms with Crippen molar-refractivity contribution in [3.05, 3.63) is 60.2 Å². The minimum absolute atomic E-state index is 0.0499. The predicted octanol–water partition coefficient (Wildman–Crippen LogP) is 1.50. The van der Waals surface area contributed by atoms with Crippen molar-refractivity contribution >= 4 is 5.91 Å². The molecule has 1 aromatic carbocycles. The molecule has 1 amide bonds. The van der Waals surface area contributed by atoms with Crippen LogP contribution in [0, 0.1) is 5.82 Å². The highest BCUT2D eigenvalue weighted by Gasteiger charge is 2.35. The summed E-state index contributed by atoms with van der Waals surface area (Å²) in [4.78, 5) is 18.0. The molecule has 1 aromatic heterocycles. The van der Waals surface area contributed by atoms with Crippen LogP contribution in [-0.2, 0) is 4.74 Å². The molecule has 132 valence electrons. The van der Waals surface area contributed by atoms with Crippen LogP contribution in [0.3, 0.4) is 0 Å². The minimum atomic E-state index is -1.35. The van der Waals surface area contributed by atoms with E-state index in [2.05, 4.69) is 4.98 Å². The molecule has 1 aliphatic rings. The van der Waals surface area contributed by atoms with Crippen LogP contribution in [0.1, 0.15) is 10.4 Å². The van der Waals surface area contributed by atoms with E-state index in [1.54, 1.807) is 24.5 Å². The zero-order valence-electron chi connectivity index (χ0n) is 13.6. The van der Waals surface area contributed by atoms with Gasteiger partial charge >= 0.3 is 0 Å². The van der Waals surface area contributed by atoms with Gasteiger partial charge in [0, 0.05) is 24.5 Å². The number of aliphatic hydroxyl groups is 1. The van der Waals surface area contributed by atoms with Gasteiger partial charge in [0.1, 0.15) is 23.8 Å². The van der Waals surface area contributed by atoms with E-state index in [4.69, 9.17) is 9.47 Å². The number of nitrogens with zero attached hydrogens (tertiary/aromatic N) is 2. The Labute approximate surface area is 144 Å². The molecule has 3 rings (SSSR count). The highest BCUT2D eigenvalue weighted by atomic mass is 19.1. The summed E-state index contributed by atoms with van der Waals surface area (Å²) in [5.41, 5.74) is -0.855. The summed E-state index contributed by atoms with van der Waals surface area (Å²) < 4.78 is 23.9. The molecule has 1 unspecified atom stereocenters. The summed E-state index contributed by atoms with van der Waals surface area (Å²) in [5, 5.41) is 10.8. The number of hydrogen-bond donors (Lipinski definition) is 1. The zero-order valence-corrected chi connectivity index (χ0v) is 13.6. The molecule has 1 aliphatic heterocycles. The zero-order chi connectivity index (χ0) is 17.7. The van der Waals surface area contributed by atoms with Crippen LogP contribution in [0.4, 0.5) is 4.39 Å². The highest BCUT2D eigenvalue weighted by Crippen LogP contribution is 2.18. The molecule has 0 spiro atoms. The molecule has 0 bridgehead atoms. The van der Waals surface area contributed by atoms with Gasteiger partial charge in [0.15, 0.2) is 0 Å². The lowest BCUT2D eigenvalue weighted by Gasteiger charge is -2.30. The van der Waals surface area contributed by atoms with Crippen LogP contribution >= 0.6 is 0 Å². The lowest BCUT2D eigenvalue weighted by atomic mass is 10.1. The van der Waals surface area contributed by atoms with Gasteiger partial charge in [0.2, 0.25) is 0 Å². The number of pyridine rings is 1. The molecule has 2 heterocycles. The van der Waals surface area contributed by atoms with Gasteiger partial charge in [-0.05, 0) is 36.4 Å². The third-order valence-corrected chi connectivity index (χ3v) is 3.90.